The van der Waals surface area contributed by atoms with Crippen LogP contribution in [0.5, 0.6) is 11.5 Å². The van der Waals surface area contributed by atoms with Crippen LogP contribution in [0.1, 0.15) is 5.56 Å². The summed E-state index contributed by atoms with van der Waals surface area (Å²) in [6.07, 6.45) is 0. The third kappa shape index (κ3) is 1.93. The van der Waals surface area contributed by atoms with E-state index in [1.807, 2.05) is 0 Å². The molecule has 0 aromatic heterocycles. The van der Waals surface area contributed by atoms with Gasteiger partial charge in [0.25, 0.3) is 0 Å². The van der Waals surface area contributed by atoms with Gasteiger partial charge in [-0.3, -0.25) is 0 Å². The fourth-order valence-electron chi connectivity index (χ4n) is 1.19. The Labute approximate surface area is 79.2 Å². The molecule has 0 unspecified atom stereocenters. The van der Waals surface area contributed by atoms with Gasteiger partial charge in [-0.05, 0) is 17.7 Å². The first-order valence-corrected chi connectivity index (χ1v) is 4.04. The van der Waals surface area contributed by atoms with Crippen molar-refractivity contribution in [3.05, 3.63) is 23.8 Å². The van der Waals surface area contributed by atoms with Gasteiger partial charge in [-0.15, -0.1) is 0 Å². The average Bonchev–Trinajstić information content (AvgIpc) is 2.61. The van der Waals surface area contributed by atoms with Crippen molar-refractivity contribution in [2.45, 2.75) is 13.2 Å². The van der Waals surface area contributed by atoms with E-state index in [0.29, 0.717) is 17.1 Å². The van der Waals surface area contributed by atoms with Gasteiger partial charge in [-0.1, -0.05) is 6.07 Å². The van der Waals surface area contributed by atoms with Crippen molar-refractivity contribution in [3.8, 4) is 11.5 Å². The molecule has 3 nitrogen and oxygen atoms in total. The first kappa shape index (κ1) is 9.21. The highest BCUT2D eigenvalue weighted by atomic mass is 19.3. The molecule has 0 saturated carbocycles. The van der Waals surface area contributed by atoms with Crippen LogP contribution in [0.3, 0.4) is 0 Å². The predicted molar refractivity (Wildman–Crippen MR) is 43.4 cm³/mol. The van der Waals surface area contributed by atoms with Crippen LogP contribution < -0.4 is 9.47 Å². The normalized spacial score (nSPS) is 13.6. The van der Waals surface area contributed by atoms with E-state index in [2.05, 4.69) is 4.74 Å². The van der Waals surface area contributed by atoms with E-state index in [0.717, 1.165) is 0 Å². The number of hydrogen-bond donors (Lipinski definition) is 0. The number of alkyl halides is 2. The summed E-state index contributed by atoms with van der Waals surface area (Å²) in [5.74, 6) is 1.20. The average molecular weight is 202 g/mol. The lowest BCUT2D eigenvalue weighted by Gasteiger charge is -2.03. The Balaban J connectivity index is 2.05. The summed E-state index contributed by atoms with van der Waals surface area (Å²) in [5.41, 5.74) is 0.634. The maximum atomic E-state index is 11.7. The molecule has 0 atom stereocenters. The summed E-state index contributed by atoms with van der Waals surface area (Å²) < 4.78 is 37.7. The minimum atomic E-state index is -2.75. The van der Waals surface area contributed by atoms with Crippen LogP contribution in [0.15, 0.2) is 18.2 Å². The van der Waals surface area contributed by atoms with Gasteiger partial charge in [0.15, 0.2) is 11.5 Å². The van der Waals surface area contributed by atoms with Gasteiger partial charge in [-0.25, -0.2) is 0 Å². The van der Waals surface area contributed by atoms with Crippen molar-refractivity contribution < 1.29 is 23.0 Å². The van der Waals surface area contributed by atoms with Gasteiger partial charge in [0.1, 0.15) is 0 Å². The summed E-state index contributed by atoms with van der Waals surface area (Å²) in [6.45, 7) is -2.71. The monoisotopic (exact) mass is 202 g/mol. The summed E-state index contributed by atoms with van der Waals surface area (Å²) in [7, 11) is 0. The molecule has 76 valence electrons. The molecular weight excluding hydrogens is 194 g/mol. The van der Waals surface area contributed by atoms with Gasteiger partial charge in [0, 0.05) is 0 Å². The van der Waals surface area contributed by atoms with E-state index in [9.17, 15) is 8.78 Å². The molecule has 1 aromatic carbocycles. The molecule has 0 spiro atoms. The third-order valence-corrected chi connectivity index (χ3v) is 1.81. The van der Waals surface area contributed by atoms with E-state index < -0.39 is 6.61 Å². The highest BCUT2D eigenvalue weighted by molar-refractivity contribution is 5.44. The molecule has 2 rings (SSSR count). The van der Waals surface area contributed by atoms with Gasteiger partial charge in [0.2, 0.25) is 6.79 Å². The molecule has 1 aliphatic rings. The fourth-order valence-corrected chi connectivity index (χ4v) is 1.19. The lowest BCUT2D eigenvalue weighted by Crippen LogP contribution is -1.98. The van der Waals surface area contributed by atoms with Gasteiger partial charge < -0.3 is 14.2 Å². The summed E-state index contributed by atoms with van der Waals surface area (Å²) in [4.78, 5) is 0. The van der Waals surface area contributed by atoms with Crippen molar-refractivity contribution in [1.29, 1.82) is 0 Å². The molecule has 1 aromatic rings. The highest BCUT2D eigenvalue weighted by Gasteiger charge is 2.13. The van der Waals surface area contributed by atoms with Crippen LogP contribution in [0.2, 0.25) is 0 Å². The SMILES string of the molecule is FC(F)OCc1ccc2c(c1)OCO2. The van der Waals surface area contributed by atoms with E-state index >= 15 is 0 Å². The lowest BCUT2D eigenvalue weighted by molar-refractivity contribution is -0.137. The Kier molecular flexibility index (Phi) is 2.49. The van der Waals surface area contributed by atoms with E-state index in [1.165, 1.54) is 0 Å². The van der Waals surface area contributed by atoms with E-state index in [4.69, 9.17) is 9.47 Å². The minimum absolute atomic E-state index is 0.131. The molecule has 5 heteroatoms. The Bertz CT molecular complexity index is 328. The van der Waals surface area contributed by atoms with E-state index in [1.54, 1.807) is 18.2 Å². The zero-order valence-electron chi connectivity index (χ0n) is 7.20. The fraction of sp³-hybridized carbons (Fsp3) is 0.333. The first-order chi connectivity index (χ1) is 6.75. The lowest BCUT2D eigenvalue weighted by atomic mass is 10.2. The van der Waals surface area contributed by atoms with Crippen molar-refractivity contribution >= 4 is 0 Å². The molecule has 0 amide bonds. The molecular formula is C9H8F2O3. The van der Waals surface area contributed by atoms with Crippen LogP contribution in [0.4, 0.5) is 8.78 Å². The first-order valence-electron chi connectivity index (χ1n) is 4.04. The Morgan fingerprint density at radius 1 is 1.29 bits per heavy atom. The van der Waals surface area contributed by atoms with Gasteiger partial charge >= 0.3 is 6.61 Å². The number of rotatable bonds is 3. The molecule has 1 heterocycles. The molecule has 14 heavy (non-hydrogen) atoms. The Morgan fingerprint density at radius 2 is 2.07 bits per heavy atom. The number of hydrogen-bond acceptors (Lipinski definition) is 3. The molecule has 0 N–H and O–H groups in total. The molecule has 1 aliphatic heterocycles. The van der Waals surface area contributed by atoms with Crippen LogP contribution in [-0.2, 0) is 11.3 Å². The second-order valence-corrected chi connectivity index (χ2v) is 2.76. The highest BCUT2D eigenvalue weighted by Crippen LogP contribution is 2.32. The summed E-state index contributed by atoms with van der Waals surface area (Å²) >= 11 is 0. The third-order valence-electron chi connectivity index (χ3n) is 1.81. The maximum Gasteiger partial charge on any atom is 0.345 e. The second-order valence-electron chi connectivity index (χ2n) is 2.76. The van der Waals surface area contributed by atoms with Crippen molar-refractivity contribution in [2.24, 2.45) is 0 Å². The molecule has 0 saturated heterocycles. The smallest absolute Gasteiger partial charge is 0.345 e. The van der Waals surface area contributed by atoms with Crippen molar-refractivity contribution in [2.75, 3.05) is 6.79 Å². The van der Waals surface area contributed by atoms with Gasteiger partial charge in [0.05, 0.1) is 6.61 Å². The summed E-state index contributed by atoms with van der Waals surface area (Å²) in [5, 5.41) is 0. The molecule has 0 radical (unpaired) electrons. The maximum absolute atomic E-state index is 11.7. The molecule has 0 aliphatic carbocycles. The molecule has 0 bridgehead atoms. The molecule has 0 fully saturated rings. The van der Waals surface area contributed by atoms with Crippen molar-refractivity contribution in [3.63, 3.8) is 0 Å². The standard InChI is InChI=1S/C9H8F2O3/c10-9(11)12-4-6-1-2-7-8(3-6)14-5-13-7/h1-3,9H,4-5H2. The van der Waals surface area contributed by atoms with Crippen LogP contribution in [-0.4, -0.2) is 13.4 Å². The van der Waals surface area contributed by atoms with Gasteiger partial charge in [-0.2, -0.15) is 8.78 Å². The number of halogens is 2. The minimum Gasteiger partial charge on any atom is -0.454 e. The second kappa shape index (κ2) is 3.79. The largest absolute Gasteiger partial charge is 0.454 e. The zero-order chi connectivity index (χ0) is 9.97. The quantitative estimate of drug-likeness (QED) is 0.751. The number of ether oxygens (including phenoxy) is 3. The zero-order valence-corrected chi connectivity index (χ0v) is 7.20. The van der Waals surface area contributed by atoms with Crippen LogP contribution >= 0.6 is 0 Å². The number of fused-ring (bicyclic) bond motifs is 1. The Hall–Kier alpha value is -1.36. The topological polar surface area (TPSA) is 27.7 Å². The summed E-state index contributed by atoms with van der Waals surface area (Å²) in [6, 6.07) is 4.97. The van der Waals surface area contributed by atoms with Crippen molar-refractivity contribution in [1.82, 2.24) is 0 Å². The van der Waals surface area contributed by atoms with E-state index in [-0.39, 0.29) is 13.4 Å². The Morgan fingerprint density at radius 3 is 2.86 bits per heavy atom. The predicted octanol–water partition coefficient (Wildman–Crippen LogP) is 2.15. The number of benzene rings is 1. The van der Waals surface area contributed by atoms with Crippen LogP contribution in [0.25, 0.3) is 0 Å². The van der Waals surface area contributed by atoms with Crippen LogP contribution in [0, 0.1) is 0 Å².